The molecule has 0 aliphatic heterocycles. The fourth-order valence-electron chi connectivity index (χ4n) is 4.14. The smallest absolute Gasteiger partial charge is 0.0821 e. The van der Waals surface area contributed by atoms with Crippen LogP contribution in [-0.2, 0) is 0 Å². The molecule has 1 aromatic rings. The van der Waals surface area contributed by atoms with Gasteiger partial charge in [-0.05, 0) is 48.0 Å². The molecule has 1 nitrogen and oxygen atoms in total. The van der Waals surface area contributed by atoms with Crippen LogP contribution in [0.5, 0.6) is 0 Å². The number of aliphatic hydroxyl groups is 1. The molecule has 0 aromatic heterocycles. The second-order valence-corrected chi connectivity index (χ2v) is 6.46. The molecule has 1 aromatic carbocycles. The molecule has 17 heavy (non-hydrogen) atoms. The quantitative estimate of drug-likeness (QED) is 0.819. The lowest BCUT2D eigenvalue weighted by Crippen LogP contribution is -2.53. The summed E-state index contributed by atoms with van der Waals surface area (Å²) in [6.07, 6.45) is 3.58. The Morgan fingerprint density at radius 2 is 1.88 bits per heavy atom. The molecule has 0 heterocycles. The summed E-state index contributed by atoms with van der Waals surface area (Å²) >= 11 is 0. The molecule has 3 fully saturated rings. The van der Waals surface area contributed by atoms with Crippen LogP contribution < -0.4 is 0 Å². The van der Waals surface area contributed by atoms with Crippen LogP contribution in [0.4, 0.5) is 0 Å². The van der Waals surface area contributed by atoms with Crippen molar-refractivity contribution in [1.82, 2.24) is 0 Å². The molecule has 92 valence electrons. The van der Waals surface area contributed by atoms with Crippen LogP contribution in [-0.4, -0.2) is 5.11 Å². The fraction of sp³-hybridized carbons (Fsp3) is 0.625. The van der Waals surface area contributed by atoms with E-state index >= 15 is 0 Å². The Bertz CT molecular complexity index is 393. The Labute approximate surface area is 104 Å². The van der Waals surface area contributed by atoms with Gasteiger partial charge in [0.2, 0.25) is 0 Å². The molecule has 1 N–H and O–H groups in total. The molecule has 4 rings (SSSR count). The first-order chi connectivity index (χ1) is 8.10. The Hall–Kier alpha value is -0.820. The van der Waals surface area contributed by atoms with Crippen molar-refractivity contribution in [3.8, 4) is 0 Å². The van der Waals surface area contributed by atoms with E-state index in [0.717, 1.165) is 17.4 Å². The van der Waals surface area contributed by atoms with Crippen molar-refractivity contribution in [3.63, 3.8) is 0 Å². The minimum atomic E-state index is -0.262. The van der Waals surface area contributed by atoms with Crippen molar-refractivity contribution in [2.75, 3.05) is 0 Å². The molecule has 0 amide bonds. The van der Waals surface area contributed by atoms with Gasteiger partial charge in [0, 0.05) is 0 Å². The van der Waals surface area contributed by atoms with Gasteiger partial charge >= 0.3 is 0 Å². The molecular weight excluding hydrogens is 208 g/mol. The summed E-state index contributed by atoms with van der Waals surface area (Å²) in [5.74, 6) is 2.10. The highest BCUT2D eigenvalue weighted by Crippen LogP contribution is 2.63. The zero-order valence-electron chi connectivity index (χ0n) is 10.8. The second-order valence-electron chi connectivity index (χ2n) is 6.46. The van der Waals surface area contributed by atoms with Crippen molar-refractivity contribution < 1.29 is 5.11 Å². The van der Waals surface area contributed by atoms with E-state index in [1.807, 2.05) is 18.2 Å². The topological polar surface area (TPSA) is 20.2 Å². The molecule has 4 atom stereocenters. The van der Waals surface area contributed by atoms with Gasteiger partial charge in [0.15, 0.2) is 0 Å². The van der Waals surface area contributed by atoms with Crippen molar-refractivity contribution in [1.29, 1.82) is 0 Å². The van der Waals surface area contributed by atoms with E-state index in [0.29, 0.717) is 11.3 Å². The third-order valence-corrected chi connectivity index (χ3v) is 5.46. The summed E-state index contributed by atoms with van der Waals surface area (Å²) in [5.41, 5.74) is 1.55. The lowest BCUT2D eigenvalue weighted by molar-refractivity contribution is -0.138. The molecule has 0 radical (unpaired) electrons. The van der Waals surface area contributed by atoms with Gasteiger partial charge in [0.05, 0.1) is 6.10 Å². The van der Waals surface area contributed by atoms with Crippen molar-refractivity contribution in [2.45, 2.75) is 39.2 Å². The predicted octanol–water partition coefficient (Wildman–Crippen LogP) is 3.79. The van der Waals surface area contributed by atoms with Gasteiger partial charge in [0.1, 0.15) is 0 Å². The largest absolute Gasteiger partial charge is 0.388 e. The van der Waals surface area contributed by atoms with Crippen molar-refractivity contribution in [3.05, 3.63) is 35.9 Å². The minimum absolute atomic E-state index is 0.262. The van der Waals surface area contributed by atoms with Crippen LogP contribution in [0, 0.1) is 23.2 Å². The highest BCUT2D eigenvalue weighted by Gasteiger charge is 2.55. The third-order valence-electron chi connectivity index (χ3n) is 5.46. The highest BCUT2D eigenvalue weighted by atomic mass is 16.3. The summed E-state index contributed by atoms with van der Waals surface area (Å²) in [6.45, 7) is 4.77. The summed E-state index contributed by atoms with van der Waals surface area (Å²) in [5, 5.41) is 10.6. The average Bonchev–Trinajstić information content (AvgIpc) is 2.38. The number of hydrogen-bond donors (Lipinski definition) is 1. The van der Waals surface area contributed by atoms with Gasteiger partial charge in [-0.3, -0.25) is 0 Å². The summed E-state index contributed by atoms with van der Waals surface area (Å²) < 4.78 is 0. The van der Waals surface area contributed by atoms with Crippen LogP contribution in [0.25, 0.3) is 0 Å². The van der Waals surface area contributed by atoms with Gasteiger partial charge in [-0.15, -0.1) is 0 Å². The first-order valence-corrected chi connectivity index (χ1v) is 6.83. The minimum Gasteiger partial charge on any atom is -0.388 e. The van der Waals surface area contributed by atoms with Gasteiger partial charge in [0.25, 0.3) is 0 Å². The average molecular weight is 230 g/mol. The molecule has 2 bridgehead atoms. The highest BCUT2D eigenvalue weighted by molar-refractivity contribution is 5.20. The van der Waals surface area contributed by atoms with E-state index in [1.165, 1.54) is 19.3 Å². The molecule has 1 unspecified atom stereocenters. The van der Waals surface area contributed by atoms with Gasteiger partial charge < -0.3 is 5.11 Å². The summed E-state index contributed by atoms with van der Waals surface area (Å²) in [6, 6.07) is 10.2. The Balaban J connectivity index is 1.81. The van der Waals surface area contributed by atoms with E-state index in [2.05, 4.69) is 26.0 Å². The number of aliphatic hydroxyl groups excluding tert-OH is 1. The Morgan fingerprint density at radius 3 is 2.47 bits per heavy atom. The molecule has 0 saturated heterocycles. The number of hydrogen-bond acceptors (Lipinski definition) is 1. The van der Waals surface area contributed by atoms with Crippen LogP contribution in [0.1, 0.15) is 44.8 Å². The standard InChI is InChI=1S/C16H22O/c1-16(2)12-8-9-13(14(16)10-12)15(17)11-6-4-3-5-7-11/h3-7,12-15,17H,8-10H2,1-2H3/t12-,13-,14-,15?/m0/s1. The van der Waals surface area contributed by atoms with Crippen molar-refractivity contribution in [2.24, 2.45) is 23.2 Å². The van der Waals surface area contributed by atoms with E-state index in [4.69, 9.17) is 0 Å². The molecular formula is C16H22O. The first-order valence-electron chi connectivity index (χ1n) is 6.83. The zero-order chi connectivity index (χ0) is 12.0. The first kappa shape index (κ1) is 11.3. The summed E-state index contributed by atoms with van der Waals surface area (Å²) in [4.78, 5) is 0. The molecule has 1 heteroatoms. The van der Waals surface area contributed by atoms with E-state index in [-0.39, 0.29) is 6.10 Å². The lowest BCUT2D eigenvalue weighted by Gasteiger charge is -2.61. The third kappa shape index (κ3) is 1.63. The SMILES string of the molecule is CC1(C)[C@H]2CC[C@H](C(O)c3ccccc3)[C@@H]1C2. The van der Waals surface area contributed by atoms with E-state index in [1.54, 1.807) is 0 Å². The number of rotatable bonds is 2. The predicted molar refractivity (Wildman–Crippen MR) is 69.5 cm³/mol. The van der Waals surface area contributed by atoms with E-state index < -0.39 is 0 Å². The van der Waals surface area contributed by atoms with Crippen LogP contribution in [0.2, 0.25) is 0 Å². The molecule has 3 saturated carbocycles. The summed E-state index contributed by atoms with van der Waals surface area (Å²) in [7, 11) is 0. The molecule has 3 aliphatic carbocycles. The van der Waals surface area contributed by atoms with Crippen LogP contribution >= 0.6 is 0 Å². The maximum atomic E-state index is 10.6. The Kier molecular flexibility index (Phi) is 2.55. The number of fused-ring (bicyclic) bond motifs is 2. The van der Waals surface area contributed by atoms with Crippen molar-refractivity contribution >= 4 is 0 Å². The molecule has 3 aliphatic rings. The normalized spacial score (nSPS) is 36.1. The van der Waals surface area contributed by atoms with Gasteiger partial charge in [-0.25, -0.2) is 0 Å². The zero-order valence-corrected chi connectivity index (χ0v) is 10.8. The fourth-order valence-corrected chi connectivity index (χ4v) is 4.14. The monoisotopic (exact) mass is 230 g/mol. The van der Waals surface area contributed by atoms with Gasteiger partial charge in [-0.1, -0.05) is 44.2 Å². The van der Waals surface area contributed by atoms with Crippen LogP contribution in [0.15, 0.2) is 30.3 Å². The number of benzene rings is 1. The maximum absolute atomic E-state index is 10.6. The maximum Gasteiger partial charge on any atom is 0.0821 e. The van der Waals surface area contributed by atoms with Crippen LogP contribution in [0.3, 0.4) is 0 Å². The van der Waals surface area contributed by atoms with E-state index in [9.17, 15) is 5.11 Å². The van der Waals surface area contributed by atoms with Gasteiger partial charge in [-0.2, -0.15) is 0 Å². The Morgan fingerprint density at radius 1 is 1.18 bits per heavy atom. The second kappa shape index (κ2) is 3.84. The molecule has 0 spiro atoms. The lowest BCUT2D eigenvalue weighted by atomic mass is 9.44.